The molecular weight excluding hydrogens is 398 g/mol. The Hall–Kier alpha value is -2.71. The first-order chi connectivity index (χ1) is 14.5. The number of amides is 1. The first-order valence-corrected chi connectivity index (χ1v) is 11.2. The van der Waals surface area contributed by atoms with Crippen LogP contribution in [0.2, 0.25) is 0 Å². The SMILES string of the molecule is CC(C)Nc1c(C(=O)NCCC2CCNC2)cnc2sc(-c3ccc(=O)[nH]c3)cc12. The largest absolute Gasteiger partial charge is 0.382 e. The lowest BCUT2D eigenvalue weighted by Crippen LogP contribution is -2.28. The number of thiophene rings is 1. The first-order valence-electron chi connectivity index (χ1n) is 10.4. The molecular formula is C22H27N5O2S. The highest BCUT2D eigenvalue weighted by Gasteiger charge is 2.20. The molecule has 3 aromatic rings. The topological polar surface area (TPSA) is 98.9 Å². The molecule has 1 unspecified atom stereocenters. The molecule has 30 heavy (non-hydrogen) atoms. The summed E-state index contributed by atoms with van der Waals surface area (Å²) in [7, 11) is 0. The molecule has 158 valence electrons. The van der Waals surface area contributed by atoms with Gasteiger partial charge in [-0.1, -0.05) is 0 Å². The molecule has 4 rings (SSSR count). The maximum absolute atomic E-state index is 12.9. The minimum atomic E-state index is -0.132. The van der Waals surface area contributed by atoms with Gasteiger partial charge in [0.05, 0.1) is 11.3 Å². The van der Waals surface area contributed by atoms with Gasteiger partial charge in [-0.25, -0.2) is 4.98 Å². The Balaban J connectivity index is 1.62. The molecule has 0 spiro atoms. The van der Waals surface area contributed by atoms with E-state index in [2.05, 4.69) is 39.8 Å². The molecule has 1 amide bonds. The van der Waals surface area contributed by atoms with E-state index in [4.69, 9.17) is 0 Å². The van der Waals surface area contributed by atoms with Crippen molar-refractivity contribution in [3.63, 3.8) is 0 Å². The lowest BCUT2D eigenvalue weighted by molar-refractivity contribution is 0.0952. The summed E-state index contributed by atoms with van der Waals surface area (Å²) >= 11 is 1.54. The molecule has 4 N–H and O–H groups in total. The zero-order valence-corrected chi connectivity index (χ0v) is 18.1. The Labute approximate surface area is 179 Å². The van der Waals surface area contributed by atoms with Crippen LogP contribution in [0.3, 0.4) is 0 Å². The molecule has 0 bridgehead atoms. The van der Waals surface area contributed by atoms with Crippen LogP contribution in [0, 0.1) is 5.92 Å². The molecule has 1 saturated heterocycles. The number of aromatic amines is 1. The molecule has 0 radical (unpaired) electrons. The summed E-state index contributed by atoms with van der Waals surface area (Å²) in [5.41, 5.74) is 2.16. The van der Waals surface area contributed by atoms with Crippen LogP contribution in [0.1, 0.15) is 37.0 Å². The maximum Gasteiger partial charge on any atom is 0.254 e. The van der Waals surface area contributed by atoms with Crippen molar-refractivity contribution in [2.75, 3.05) is 25.0 Å². The van der Waals surface area contributed by atoms with Gasteiger partial charge in [0, 0.05) is 46.9 Å². The summed E-state index contributed by atoms with van der Waals surface area (Å²) in [6.45, 7) is 6.87. The van der Waals surface area contributed by atoms with E-state index in [0.29, 0.717) is 18.0 Å². The van der Waals surface area contributed by atoms with E-state index in [-0.39, 0.29) is 17.5 Å². The van der Waals surface area contributed by atoms with Crippen LogP contribution >= 0.6 is 11.3 Å². The van der Waals surface area contributed by atoms with Gasteiger partial charge in [-0.3, -0.25) is 9.59 Å². The fourth-order valence-corrected chi connectivity index (χ4v) is 4.76. The average Bonchev–Trinajstić information content (AvgIpc) is 3.38. The molecule has 3 aromatic heterocycles. The number of H-pyrrole nitrogens is 1. The Morgan fingerprint density at radius 2 is 2.23 bits per heavy atom. The van der Waals surface area contributed by atoms with Crippen molar-refractivity contribution < 1.29 is 4.79 Å². The molecule has 1 fully saturated rings. The molecule has 0 aromatic carbocycles. The number of fused-ring (bicyclic) bond motifs is 1. The van der Waals surface area contributed by atoms with Gasteiger partial charge in [-0.2, -0.15) is 0 Å². The Morgan fingerprint density at radius 1 is 1.37 bits per heavy atom. The highest BCUT2D eigenvalue weighted by atomic mass is 32.1. The van der Waals surface area contributed by atoms with Gasteiger partial charge in [0.15, 0.2) is 0 Å². The third kappa shape index (κ3) is 4.55. The zero-order valence-electron chi connectivity index (χ0n) is 17.2. The molecule has 0 aliphatic carbocycles. The van der Waals surface area contributed by atoms with Gasteiger partial charge >= 0.3 is 0 Å². The van der Waals surface area contributed by atoms with Crippen LogP contribution in [0.15, 0.2) is 35.4 Å². The Bertz CT molecular complexity index is 1080. The Morgan fingerprint density at radius 3 is 2.93 bits per heavy atom. The van der Waals surface area contributed by atoms with Crippen LogP contribution in [0.5, 0.6) is 0 Å². The number of carbonyl (C=O) groups is 1. The molecule has 4 heterocycles. The van der Waals surface area contributed by atoms with Crippen LogP contribution in [-0.4, -0.2) is 41.6 Å². The van der Waals surface area contributed by atoms with Gasteiger partial charge in [-0.05, 0) is 57.8 Å². The van der Waals surface area contributed by atoms with Crippen molar-refractivity contribution in [2.45, 2.75) is 32.7 Å². The van der Waals surface area contributed by atoms with E-state index in [1.165, 1.54) is 12.5 Å². The van der Waals surface area contributed by atoms with Gasteiger partial charge in [-0.15, -0.1) is 11.3 Å². The zero-order chi connectivity index (χ0) is 21.1. The second-order valence-corrected chi connectivity index (χ2v) is 9.05. The standard InChI is InChI=1S/C22H27N5O2S/c1-13(2)27-20-16-9-18(15-3-4-19(28)25-11-15)30-22(16)26-12-17(20)21(29)24-8-6-14-5-7-23-10-14/h3-4,9,11-14,23H,5-8,10H2,1-2H3,(H,24,29)(H,25,28)(H,26,27). The molecule has 7 nitrogen and oxygen atoms in total. The first kappa shape index (κ1) is 20.6. The number of hydrogen-bond acceptors (Lipinski definition) is 6. The fourth-order valence-electron chi connectivity index (χ4n) is 3.76. The third-order valence-corrected chi connectivity index (χ3v) is 6.40. The number of anilines is 1. The van der Waals surface area contributed by atoms with Crippen LogP contribution in [0.25, 0.3) is 20.7 Å². The second kappa shape index (κ2) is 8.97. The number of aromatic nitrogens is 2. The van der Waals surface area contributed by atoms with Crippen molar-refractivity contribution in [1.82, 2.24) is 20.6 Å². The number of hydrogen-bond donors (Lipinski definition) is 4. The predicted molar refractivity (Wildman–Crippen MR) is 122 cm³/mol. The van der Waals surface area contributed by atoms with Crippen molar-refractivity contribution in [3.05, 3.63) is 46.5 Å². The van der Waals surface area contributed by atoms with Gasteiger partial charge < -0.3 is 20.9 Å². The van der Waals surface area contributed by atoms with Crippen LogP contribution in [0.4, 0.5) is 5.69 Å². The summed E-state index contributed by atoms with van der Waals surface area (Å²) in [5.74, 6) is 0.534. The van der Waals surface area contributed by atoms with Crippen molar-refractivity contribution in [3.8, 4) is 10.4 Å². The summed E-state index contributed by atoms with van der Waals surface area (Å²) in [4.78, 5) is 33.4. The monoisotopic (exact) mass is 425 g/mol. The number of nitrogens with one attached hydrogen (secondary N) is 4. The third-order valence-electron chi connectivity index (χ3n) is 5.31. The minimum absolute atomic E-state index is 0.102. The van der Waals surface area contributed by atoms with Crippen molar-refractivity contribution in [1.29, 1.82) is 0 Å². The second-order valence-electron chi connectivity index (χ2n) is 8.02. The highest BCUT2D eigenvalue weighted by molar-refractivity contribution is 7.21. The molecule has 1 atom stereocenters. The van der Waals surface area contributed by atoms with E-state index >= 15 is 0 Å². The van der Waals surface area contributed by atoms with E-state index < -0.39 is 0 Å². The molecule has 1 aliphatic heterocycles. The number of pyridine rings is 2. The molecule has 8 heteroatoms. The number of rotatable bonds is 7. The van der Waals surface area contributed by atoms with Crippen LogP contribution in [-0.2, 0) is 0 Å². The highest BCUT2D eigenvalue weighted by Crippen LogP contribution is 2.37. The van der Waals surface area contributed by atoms with Gasteiger partial charge in [0.1, 0.15) is 4.83 Å². The van der Waals surface area contributed by atoms with E-state index in [1.54, 1.807) is 29.8 Å². The summed E-state index contributed by atoms with van der Waals surface area (Å²) in [6, 6.07) is 5.51. The minimum Gasteiger partial charge on any atom is -0.382 e. The van der Waals surface area contributed by atoms with Crippen molar-refractivity contribution in [2.24, 2.45) is 5.92 Å². The lowest BCUT2D eigenvalue weighted by Gasteiger charge is -2.16. The summed E-state index contributed by atoms with van der Waals surface area (Å²) in [5, 5.41) is 10.8. The summed E-state index contributed by atoms with van der Waals surface area (Å²) < 4.78 is 0. The van der Waals surface area contributed by atoms with E-state index in [0.717, 1.165) is 45.9 Å². The fraction of sp³-hybridized carbons (Fsp3) is 0.409. The van der Waals surface area contributed by atoms with Crippen molar-refractivity contribution >= 4 is 33.1 Å². The predicted octanol–water partition coefficient (Wildman–Crippen LogP) is 3.20. The number of carbonyl (C=O) groups excluding carboxylic acids is 1. The summed E-state index contributed by atoms with van der Waals surface area (Å²) in [6.07, 6.45) is 5.52. The maximum atomic E-state index is 12.9. The van der Waals surface area contributed by atoms with Crippen LogP contribution < -0.4 is 21.5 Å². The van der Waals surface area contributed by atoms with Gasteiger partial charge in [0.25, 0.3) is 5.91 Å². The molecule has 1 aliphatic rings. The normalized spacial score (nSPS) is 16.3. The average molecular weight is 426 g/mol. The lowest BCUT2D eigenvalue weighted by atomic mass is 10.1. The van der Waals surface area contributed by atoms with Gasteiger partial charge in [0.2, 0.25) is 5.56 Å². The Kier molecular flexibility index (Phi) is 6.15. The van der Waals surface area contributed by atoms with E-state index in [9.17, 15) is 9.59 Å². The number of nitrogens with zero attached hydrogens (tertiary/aromatic N) is 1. The molecule has 0 saturated carbocycles. The van der Waals surface area contributed by atoms with E-state index in [1.807, 2.05) is 6.07 Å². The quantitative estimate of drug-likeness (QED) is 0.466. The smallest absolute Gasteiger partial charge is 0.254 e.